The van der Waals surface area contributed by atoms with Gasteiger partial charge in [0.15, 0.2) is 0 Å². The Kier molecular flexibility index (Phi) is 2.01. The molecule has 1 aliphatic rings. The molecule has 0 bridgehead atoms. The average Bonchev–Trinajstić information content (AvgIpc) is 2.50. The van der Waals surface area contributed by atoms with E-state index in [1.165, 1.54) is 0 Å². The topological polar surface area (TPSA) is 0 Å². The predicted octanol–water partition coefficient (Wildman–Crippen LogP) is 3.33. The van der Waals surface area contributed by atoms with Crippen molar-refractivity contribution in [3.8, 4) is 0 Å². The second-order valence-corrected chi connectivity index (χ2v) is 3.40. The lowest BCUT2D eigenvalue weighted by Gasteiger charge is -2.12. The Morgan fingerprint density at radius 1 is 1.00 bits per heavy atom. The molecule has 2 rings (SSSR count). The fourth-order valence-corrected chi connectivity index (χ4v) is 1.93. The Morgan fingerprint density at radius 2 is 1.64 bits per heavy atom. The molecule has 0 spiro atoms. The fraction of sp³-hybridized carbons (Fsp3) is 0.400. The molecule has 76 valence electrons. The maximum atomic E-state index is 13.1. The van der Waals surface area contributed by atoms with Gasteiger partial charge in [-0.15, -0.1) is 0 Å². The van der Waals surface area contributed by atoms with Crippen LogP contribution < -0.4 is 0 Å². The fourth-order valence-electron chi connectivity index (χ4n) is 1.93. The third-order valence-electron chi connectivity index (χ3n) is 2.53. The average molecular weight is 204 g/mol. The van der Waals surface area contributed by atoms with Crippen LogP contribution in [0.3, 0.4) is 0 Å². The van der Waals surface area contributed by atoms with Gasteiger partial charge >= 0.3 is 6.18 Å². The molecule has 0 aromatic heterocycles. The van der Waals surface area contributed by atoms with Crippen LogP contribution in [0.2, 0.25) is 0 Å². The van der Waals surface area contributed by atoms with E-state index in [-0.39, 0.29) is 11.1 Å². The summed E-state index contributed by atoms with van der Waals surface area (Å²) in [5.74, 6) is -0.509. The number of alkyl halides is 3. The Hall–Kier alpha value is -1.06. The summed E-state index contributed by atoms with van der Waals surface area (Å²) in [5.41, 5.74) is -0.274. The Morgan fingerprint density at radius 3 is 2.29 bits per heavy atom. The van der Waals surface area contributed by atoms with E-state index < -0.39 is 17.6 Å². The standard InChI is InChI=1S/C10H8F4/c11-9-5-4-8(10(12,13)14)6-2-1-3-7(6)9/h4-5H,1-3H2. The minimum absolute atomic E-state index is 0.150. The molecule has 0 aliphatic heterocycles. The first kappa shape index (κ1) is 9.49. The van der Waals surface area contributed by atoms with Crippen LogP contribution in [-0.4, -0.2) is 0 Å². The summed E-state index contributed by atoms with van der Waals surface area (Å²) in [4.78, 5) is 0. The second-order valence-electron chi connectivity index (χ2n) is 3.40. The molecule has 0 saturated heterocycles. The Balaban J connectivity index is 2.60. The smallest absolute Gasteiger partial charge is 0.207 e. The van der Waals surface area contributed by atoms with E-state index in [0.29, 0.717) is 19.3 Å². The Bertz CT molecular complexity index is 365. The second kappa shape index (κ2) is 2.97. The third-order valence-corrected chi connectivity index (χ3v) is 2.53. The molecule has 0 amide bonds. The van der Waals surface area contributed by atoms with Crippen LogP contribution in [0.15, 0.2) is 12.1 Å². The van der Waals surface area contributed by atoms with Gasteiger partial charge in [0, 0.05) is 0 Å². The summed E-state index contributed by atoms with van der Waals surface area (Å²) < 4.78 is 50.4. The number of fused-ring (bicyclic) bond motifs is 1. The molecule has 0 N–H and O–H groups in total. The molecule has 0 fully saturated rings. The summed E-state index contributed by atoms with van der Waals surface area (Å²) in [6, 6.07) is 1.74. The molecule has 0 atom stereocenters. The van der Waals surface area contributed by atoms with Crippen LogP contribution in [0.5, 0.6) is 0 Å². The van der Waals surface area contributed by atoms with E-state index in [1.54, 1.807) is 0 Å². The zero-order valence-corrected chi connectivity index (χ0v) is 7.29. The summed E-state index contributed by atoms with van der Waals surface area (Å²) >= 11 is 0. The van der Waals surface area contributed by atoms with Crippen molar-refractivity contribution in [3.63, 3.8) is 0 Å². The number of hydrogen-bond acceptors (Lipinski definition) is 0. The summed E-state index contributed by atoms with van der Waals surface area (Å²) in [6.07, 6.45) is -2.99. The van der Waals surface area contributed by atoms with Crippen LogP contribution in [0.25, 0.3) is 0 Å². The normalized spacial score (nSPS) is 15.7. The first-order valence-electron chi connectivity index (χ1n) is 4.37. The van der Waals surface area contributed by atoms with E-state index in [9.17, 15) is 17.6 Å². The lowest BCUT2D eigenvalue weighted by atomic mass is 10.0. The van der Waals surface area contributed by atoms with Crippen LogP contribution in [0.4, 0.5) is 17.6 Å². The van der Waals surface area contributed by atoms with Crippen molar-refractivity contribution < 1.29 is 17.6 Å². The highest BCUT2D eigenvalue weighted by molar-refractivity contribution is 5.41. The SMILES string of the molecule is Fc1ccc(C(F)(F)F)c2c1CCC2. The molecule has 0 nitrogen and oxygen atoms in total. The largest absolute Gasteiger partial charge is 0.416 e. The van der Waals surface area contributed by atoms with Crippen LogP contribution >= 0.6 is 0 Å². The zero-order valence-electron chi connectivity index (χ0n) is 7.29. The first-order valence-corrected chi connectivity index (χ1v) is 4.37. The van der Waals surface area contributed by atoms with E-state index in [2.05, 4.69) is 0 Å². The van der Waals surface area contributed by atoms with Crippen LogP contribution in [0.1, 0.15) is 23.1 Å². The monoisotopic (exact) mass is 204 g/mol. The number of benzene rings is 1. The highest BCUT2D eigenvalue weighted by Gasteiger charge is 2.35. The van der Waals surface area contributed by atoms with Gasteiger partial charge in [-0.2, -0.15) is 13.2 Å². The lowest BCUT2D eigenvalue weighted by molar-refractivity contribution is -0.138. The van der Waals surface area contributed by atoms with Crippen molar-refractivity contribution >= 4 is 0 Å². The molecule has 1 aliphatic carbocycles. The van der Waals surface area contributed by atoms with E-state index >= 15 is 0 Å². The van der Waals surface area contributed by atoms with Crippen molar-refractivity contribution in [2.24, 2.45) is 0 Å². The van der Waals surface area contributed by atoms with Gasteiger partial charge < -0.3 is 0 Å². The molecular formula is C10H8F4. The van der Waals surface area contributed by atoms with Crippen LogP contribution in [-0.2, 0) is 19.0 Å². The van der Waals surface area contributed by atoms with E-state index in [1.807, 2.05) is 0 Å². The number of hydrogen-bond donors (Lipinski definition) is 0. The molecule has 14 heavy (non-hydrogen) atoms. The van der Waals surface area contributed by atoms with Gasteiger partial charge in [-0.05, 0) is 42.5 Å². The van der Waals surface area contributed by atoms with E-state index in [4.69, 9.17) is 0 Å². The summed E-state index contributed by atoms with van der Waals surface area (Å²) in [5, 5.41) is 0. The van der Waals surface area contributed by atoms with Gasteiger partial charge in [-0.25, -0.2) is 4.39 Å². The molecule has 1 aromatic rings. The first-order chi connectivity index (χ1) is 6.50. The summed E-state index contributed by atoms with van der Waals surface area (Å²) in [6.45, 7) is 0. The van der Waals surface area contributed by atoms with Crippen molar-refractivity contribution in [3.05, 3.63) is 34.6 Å². The lowest BCUT2D eigenvalue weighted by Crippen LogP contribution is -2.09. The molecule has 1 aromatic carbocycles. The number of halogens is 4. The molecule has 0 unspecified atom stereocenters. The summed E-state index contributed by atoms with van der Waals surface area (Å²) in [7, 11) is 0. The minimum Gasteiger partial charge on any atom is -0.207 e. The van der Waals surface area contributed by atoms with Crippen molar-refractivity contribution in [1.29, 1.82) is 0 Å². The zero-order chi connectivity index (χ0) is 10.3. The highest BCUT2D eigenvalue weighted by Crippen LogP contribution is 2.37. The number of rotatable bonds is 0. The minimum atomic E-state index is -4.36. The van der Waals surface area contributed by atoms with Gasteiger partial charge in [0.2, 0.25) is 0 Å². The van der Waals surface area contributed by atoms with Crippen molar-refractivity contribution in [2.45, 2.75) is 25.4 Å². The third kappa shape index (κ3) is 1.38. The van der Waals surface area contributed by atoms with Crippen molar-refractivity contribution in [2.75, 3.05) is 0 Å². The molecule has 0 radical (unpaired) electrons. The predicted molar refractivity (Wildman–Crippen MR) is 43.4 cm³/mol. The quantitative estimate of drug-likeness (QED) is 0.568. The highest BCUT2D eigenvalue weighted by atomic mass is 19.4. The van der Waals surface area contributed by atoms with Gasteiger partial charge in [0.25, 0.3) is 0 Å². The van der Waals surface area contributed by atoms with Gasteiger partial charge in [0.1, 0.15) is 5.82 Å². The molecular weight excluding hydrogens is 196 g/mol. The molecule has 4 heteroatoms. The van der Waals surface area contributed by atoms with Crippen LogP contribution in [0, 0.1) is 5.82 Å². The maximum Gasteiger partial charge on any atom is 0.416 e. The van der Waals surface area contributed by atoms with E-state index in [0.717, 1.165) is 12.1 Å². The maximum absolute atomic E-state index is 13.1. The van der Waals surface area contributed by atoms with Gasteiger partial charge in [0.05, 0.1) is 5.56 Å². The molecule has 0 saturated carbocycles. The Labute approximate surface area is 78.5 Å². The molecule has 0 heterocycles. The van der Waals surface area contributed by atoms with Gasteiger partial charge in [-0.1, -0.05) is 0 Å². The van der Waals surface area contributed by atoms with Gasteiger partial charge in [-0.3, -0.25) is 0 Å². The van der Waals surface area contributed by atoms with Crippen molar-refractivity contribution in [1.82, 2.24) is 0 Å².